The molecule has 0 spiro atoms. The van der Waals surface area contributed by atoms with Gasteiger partial charge in [-0.2, -0.15) is 5.26 Å². The van der Waals surface area contributed by atoms with E-state index in [9.17, 15) is 4.79 Å². The molecule has 4 heteroatoms. The molecule has 3 nitrogen and oxygen atoms in total. The first kappa shape index (κ1) is 11.4. The number of carbonyl (C=O) groups is 1. The van der Waals surface area contributed by atoms with Gasteiger partial charge in [-0.15, -0.1) is 12.6 Å². The summed E-state index contributed by atoms with van der Waals surface area (Å²) >= 11 is 3.82. The van der Waals surface area contributed by atoms with E-state index < -0.39 is 0 Å². The number of nitriles is 1. The molecular weight excluding hydrogens is 232 g/mol. The van der Waals surface area contributed by atoms with Crippen molar-refractivity contribution in [3.05, 3.63) is 53.7 Å². The first-order chi connectivity index (χ1) is 8.24. The van der Waals surface area contributed by atoms with Gasteiger partial charge in [0.05, 0.1) is 17.3 Å². The normalized spacial score (nSPS) is 9.65. The summed E-state index contributed by atoms with van der Waals surface area (Å²) in [6, 6.07) is 12.4. The summed E-state index contributed by atoms with van der Waals surface area (Å²) in [4.78, 5) is 15.6. The van der Waals surface area contributed by atoms with Gasteiger partial charge < -0.3 is 0 Å². The molecule has 1 heterocycles. The summed E-state index contributed by atoms with van der Waals surface area (Å²) in [5.41, 5.74) is 1.95. The van der Waals surface area contributed by atoms with Gasteiger partial charge >= 0.3 is 0 Å². The highest BCUT2D eigenvalue weighted by molar-refractivity contribution is 7.97. The molecule has 0 saturated carbocycles. The summed E-state index contributed by atoms with van der Waals surface area (Å²) in [7, 11) is 0. The highest BCUT2D eigenvalue weighted by Crippen LogP contribution is 2.26. The van der Waals surface area contributed by atoms with E-state index in [0.717, 1.165) is 0 Å². The second kappa shape index (κ2) is 4.81. The smallest absolute Gasteiger partial charge is 0.217 e. The van der Waals surface area contributed by atoms with Crippen molar-refractivity contribution in [3.63, 3.8) is 0 Å². The molecule has 0 saturated heterocycles. The Morgan fingerprint density at radius 3 is 2.65 bits per heavy atom. The van der Waals surface area contributed by atoms with Gasteiger partial charge in [0, 0.05) is 17.3 Å². The lowest BCUT2D eigenvalue weighted by atomic mass is 9.99. The fraction of sp³-hybridized carbons (Fsp3) is 0. The van der Waals surface area contributed by atoms with Crippen molar-refractivity contribution in [2.45, 2.75) is 0 Å². The van der Waals surface area contributed by atoms with Gasteiger partial charge in [-0.3, -0.25) is 9.78 Å². The lowest BCUT2D eigenvalue weighted by Gasteiger charge is -2.07. The Morgan fingerprint density at radius 1 is 1.24 bits per heavy atom. The van der Waals surface area contributed by atoms with Crippen LogP contribution < -0.4 is 0 Å². The standard InChI is InChI=1S/C13H8N2OS/c14-8-9-4-3-5-10(13(16)17)12(9)11-6-1-2-7-15-11/h1-7H,(H,16,17). The Balaban J connectivity index is 2.75. The topological polar surface area (TPSA) is 53.8 Å². The largest absolute Gasteiger partial charge is 0.282 e. The third kappa shape index (κ3) is 2.19. The van der Waals surface area contributed by atoms with Gasteiger partial charge in [0.25, 0.3) is 0 Å². The highest BCUT2D eigenvalue weighted by Gasteiger charge is 2.14. The van der Waals surface area contributed by atoms with Crippen molar-refractivity contribution in [2.24, 2.45) is 0 Å². The Morgan fingerprint density at radius 2 is 2.06 bits per heavy atom. The van der Waals surface area contributed by atoms with Gasteiger partial charge in [0.1, 0.15) is 0 Å². The Labute approximate surface area is 104 Å². The average Bonchev–Trinajstić information content (AvgIpc) is 2.38. The average molecular weight is 240 g/mol. The van der Waals surface area contributed by atoms with Gasteiger partial charge in [-0.05, 0) is 24.3 Å². The number of benzene rings is 1. The second-order valence-corrected chi connectivity index (χ2v) is 3.77. The van der Waals surface area contributed by atoms with E-state index in [1.807, 2.05) is 6.07 Å². The molecule has 2 aromatic rings. The van der Waals surface area contributed by atoms with Crippen molar-refractivity contribution in [1.29, 1.82) is 5.26 Å². The van der Waals surface area contributed by atoms with Crippen LogP contribution in [-0.4, -0.2) is 10.1 Å². The highest BCUT2D eigenvalue weighted by atomic mass is 32.1. The molecule has 0 N–H and O–H groups in total. The Hall–Kier alpha value is -2.12. The molecule has 0 fully saturated rings. The molecule has 82 valence electrons. The second-order valence-electron chi connectivity index (χ2n) is 3.36. The molecule has 0 bridgehead atoms. The zero-order chi connectivity index (χ0) is 12.3. The maximum Gasteiger partial charge on any atom is 0.217 e. The van der Waals surface area contributed by atoms with Crippen LogP contribution in [0.15, 0.2) is 42.6 Å². The molecular formula is C13H8N2OS. The van der Waals surface area contributed by atoms with Gasteiger partial charge in [0.2, 0.25) is 5.12 Å². The minimum atomic E-state index is -0.372. The molecule has 1 aromatic carbocycles. The van der Waals surface area contributed by atoms with Gasteiger partial charge in [-0.25, -0.2) is 0 Å². The van der Waals surface area contributed by atoms with Crippen LogP contribution in [0, 0.1) is 11.3 Å². The third-order valence-corrected chi connectivity index (χ3v) is 2.58. The van der Waals surface area contributed by atoms with E-state index in [4.69, 9.17) is 5.26 Å². The minimum absolute atomic E-state index is 0.372. The first-order valence-electron chi connectivity index (χ1n) is 4.92. The van der Waals surface area contributed by atoms with Crippen molar-refractivity contribution >= 4 is 17.7 Å². The van der Waals surface area contributed by atoms with Gasteiger partial charge in [-0.1, -0.05) is 12.1 Å². The molecule has 0 aliphatic heterocycles. The summed E-state index contributed by atoms with van der Waals surface area (Å²) in [5, 5.41) is 8.70. The number of hydrogen-bond donors (Lipinski definition) is 1. The summed E-state index contributed by atoms with van der Waals surface area (Å²) in [6.45, 7) is 0. The number of thiol groups is 1. The molecule has 0 atom stereocenters. The lowest BCUT2D eigenvalue weighted by Crippen LogP contribution is -1.98. The fourth-order valence-electron chi connectivity index (χ4n) is 1.61. The zero-order valence-electron chi connectivity index (χ0n) is 8.79. The summed E-state index contributed by atoms with van der Waals surface area (Å²) in [6.07, 6.45) is 1.62. The first-order valence-corrected chi connectivity index (χ1v) is 5.36. The van der Waals surface area contributed by atoms with E-state index in [1.165, 1.54) is 0 Å². The van der Waals surface area contributed by atoms with Crippen LogP contribution in [0.2, 0.25) is 0 Å². The third-order valence-electron chi connectivity index (χ3n) is 2.34. The van der Waals surface area contributed by atoms with E-state index in [-0.39, 0.29) is 5.12 Å². The van der Waals surface area contributed by atoms with Crippen LogP contribution in [0.4, 0.5) is 0 Å². The molecule has 0 radical (unpaired) electrons. The number of aromatic nitrogens is 1. The monoisotopic (exact) mass is 240 g/mol. The fourth-order valence-corrected chi connectivity index (χ4v) is 1.80. The number of nitrogens with zero attached hydrogens (tertiary/aromatic N) is 2. The Bertz CT molecular complexity index is 603. The number of rotatable bonds is 2. The number of carbonyl (C=O) groups excluding carboxylic acids is 1. The van der Waals surface area contributed by atoms with E-state index in [1.54, 1.807) is 36.5 Å². The number of pyridine rings is 1. The predicted octanol–water partition coefficient (Wildman–Crippen LogP) is 2.69. The van der Waals surface area contributed by atoms with Crippen LogP contribution >= 0.6 is 12.6 Å². The summed E-state index contributed by atoms with van der Waals surface area (Å²) in [5.74, 6) is 0. The van der Waals surface area contributed by atoms with Crippen molar-refractivity contribution in [2.75, 3.05) is 0 Å². The van der Waals surface area contributed by atoms with Crippen molar-refractivity contribution in [3.8, 4) is 17.3 Å². The predicted molar refractivity (Wildman–Crippen MR) is 67.7 cm³/mol. The molecule has 0 amide bonds. The van der Waals surface area contributed by atoms with Crippen LogP contribution in [-0.2, 0) is 0 Å². The molecule has 0 aliphatic rings. The molecule has 0 aliphatic carbocycles. The maximum absolute atomic E-state index is 11.4. The lowest BCUT2D eigenvalue weighted by molar-refractivity contribution is 0.109. The molecule has 2 rings (SSSR count). The van der Waals surface area contributed by atoms with E-state index in [0.29, 0.717) is 22.4 Å². The molecule has 0 unspecified atom stereocenters. The van der Waals surface area contributed by atoms with Crippen LogP contribution in [0.5, 0.6) is 0 Å². The number of hydrogen-bond acceptors (Lipinski definition) is 3. The van der Waals surface area contributed by atoms with Gasteiger partial charge in [0.15, 0.2) is 0 Å². The van der Waals surface area contributed by atoms with Crippen LogP contribution in [0.1, 0.15) is 15.9 Å². The van der Waals surface area contributed by atoms with Crippen LogP contribution in [0.3, 0.4) is 0 Å². The van der Waals surface area contributed by atoms with E-state index >= 15 is 0 Å². The molecule has 1 aromatic heterocycles. The quantitative estimate of drug-likeness (QED) is 0.821. The minimum Gasteiger partial charge on any atom is -0.282 e. The summed E-state index contributed by atoms with van der Waals surface area (Å²) < 4.78 is 0. The van der Waals surface area contributed by atoms with Crippen molar-refractivity contribution < 1.29 is 4.79 Å². The SMILES string of the molecule is N#Cc1cccc(C(=O)S)c1-c1ccccn1. The Kier molecular flexibility index (Phi) is 3.22. The maximum atomic E-state index is 11.4. The van der Waals surface area contributed by atoms with E-state index in [2.05, 4.69) is 23.7 Å². The molecule has 17 heavy (non-hydrogen) atoms. The van der Waals surface area contributed by atoms with Crippen molar-refractivity contribution in [1.82, 2.24) is 4.98 Å². The zero-order valence-corrected chi connectivity index (χ0v) is 9.69. The van der Waals surface area contributed by atoms with Crippen LogP contribution in [0.25, 0.3) is 11.3 Å².